The number of anilines is 1. The predicted molar refractivity (Wildman–Crippen MR) is 120 cm³/mol. The summed E-state index contributed by atoms with van der Waals surface area (Å²) in [6.45, 7) is 6.59. The van der Waals surface area contributed by atoms with Crippen molar-refractivity contribution in [2.45, 2.75) is 32.5 Å². The van der Waals surface area contributed by atoms with Gasteiger partial charge in [-0.1, -0.05) is 47.7 Å². The fourth-order valence-corrected chi connectivity index (χ4v) is 4.00. The Hall–Kier alpha value is -3.13. The predicted octanol–water partition coefficient (Wildman–Crippen LogP) is 3.67. The molecule has 1 aromatic heterocycles. The third kappa shape index (κ3) is 4.71. The van der Waals surface area contributed by atoms with Gasteiger partial charge in [0, 0.05) is 19.2 Å². The van der Waals surface area contributed by atoms with E-state index >= 15 is 0 Å². The maximum atomic E-state index is 12.6. The first-order valence-corrected chi connectivity index (χ1v) is 10.7. The van der Waals surface area contributed by atoms with Gasteiger partial charge in [0.1, 0.15) is 0 Å². The lowest BCUT2D eigenvalue weighted by molar-refractivity contribution is -0.113. The van der Waals surface area contributed by atoms with Crippen molar-refractivity contribution in [2.24, 2.45) is 0 Å². The van der Waals surface area contributed by atoms with Crippen LogP contribution in [-0.4, -0.2) is 39.4 Å². The van der Waals surface area contributed by atoms with E-state index in [0.29, 0.717) is 23.0 Å². The molecule has 1 heterocycles. The molecule has 2 amide bonds. The number of nitrogens with one attached hydrogen (secondary N) is 2. The Balaban J connectivity index is 1.73. The molecule has 0 aliphatic carbocycles. The Kier molecular flexibility index (Phi) is 6.89. The van der Waals surface area contributed by atoms with Crippen molar-refractivity contribution >= 4 is 29.3 Å². The van der Waals surface area contributed by atoms with Gasteiger partial charge in [-0.25, -0.2) is 0 Å². The number of hydrogen-bond donors (Lipinski definition) is 2. The van der Waals surface area contributed by atoms with Gasteiger partial charge in [0.25, 0.3) is 5.91 Å². The van der Waals surface area contributed by atoms with Gasteiger partial charge in [-0.3, -0.25) is 9.59 Å². The maximum absolute atomic E-state index is 12.6. The first-order valence-electron chi connectivity index (χ1n) is 9.69. The second-order valence-electron chi connectivity index (χ2n) is 6.83. The normalized spacial score (nSPS) is 10.7. The molecule has 8 heteroatoms. The van der Waals surface area contributed by atoms with Gasteiger partial charge in [-0.2, -0.15) is 0 Å². The van der Waals surface area contributed by atoms with Crippen LogP contribution in [0.3, 0.4) is 0 Å². The van der Waals surface area contributed by atoms with Crippen LogP contribution < -0.4 is 10.6 Å². The fourth-order valence-electron chi connectivity index (χ4n) is 3.19. The SMILES string of the molecule is CCn1c(SCC(=O)Nc2cccc(C)c2C(=O)NC)nnc1-c1cccc(C)c1. The van der Waals surface area contributed by atoms with Crippen LogP contribution in [0, 0.1) is 13.8 Å². The summed E-state index contributed by atoms with van der Waals surface area (Å²) < 4.78 is 2.00. The molecule has 3 rings (SSSR count). The molecule has 0 atom stereocenters. The van der Waals surface area contributed by atoms with E-state index in [1.165, 1.54) is 11.8 Å². The fraction of sp³-hybridized carbons (Fsp3) is 0.273. The van der Waals surface area contributed by atoms with Crippen molar-refractivity contribution in [2.75, 3.05) is 18.1 Å². The molecular weight excluding hydrogens is 398 g/mol. The van der Waals surface area contributed by atoms with Gasteiger partial charge < -0.3 is 15.2 Å². The number of carbonyl (C=O) groups is 2. The van der Waals surface area contributed by atoms with Crippen LogP contribution in [0.4, 0.5) is 5.69 Å². The zero-order valence-corrected chi connectivity index (χ0v) is 18.3. The molecule has 0 radical (unpaired) electrons. The van der Waals surface area contributed by atoms with Crippen LogP contribution in [0.2, 0.25) is 0 Å². The number of carbonyl (C=O) groups excluding carboxylic acids is 2. The van der Waals surface area contributed by atoms with Crippen LogP contribution in [0.1, 0.15) is 28.4 Å². The highest BCUT2D eigenvalue weighted by Crippen LogP contribution is 2.25. The molecular formula is C22H25N5O2S. The molecule has 2 N–H and O–H groups in total. The second kappa shape index (κ2) is 9.58. The van der Waals surface area contributed by atoms with E-state index in [1.54, 1.807) is 13.1 Å². The molecule has 7 nitrogen and oxygen atoms in total. The summed E-state index contributed by atoms with van der Waals surface area (Å²) in [5, 5.41) is 14.7. The van der Waals surface area contributed by atoms with Crippen molar-refractivity contribution in [1.29, 1.82) is 0 Å². The lowest BCUT2D eigenvalue weighted by atomic mass is 10.1. The summed E-state index contributed by atoms with van der Waals surface area (Å²) in [5.74, 6) is 0.500. The summed E-state index contributed by atoms with van der Waals surface area (Å²) in [6.07, 6.45) is 0. The summed E-state index contributed by atoms with van der Waals surface area (Å²) in [4.78, 5) is 24.7. The third-order valence-electron chi connectivity index (χ3n) is 4.64. The Morgan fingerprint density at radius 1 is 1.10 bits per heavy atom. The Morgan fingerprint density at radius 3 is 2.57 bits per heavy atom. The average molecular weight is 424 g/mol. The van der Waals surface area contributed by atoms with Gasteiger partial charge in [0.05, 0.1) is 17.0 Å². The first kappa shape index (κ1) is 21.6. The number of thioether (sulfide) groups is 1. The molecule has 0 aliphatic rings. The summed E-state index contributed by atoms with van der Waals surface area (Å²) >= 11 is 1.32. The van der Waals surface area contributed by atoms with Crippen LogP contribution in [-0.2, 0) is 11.3 Å². The van der Waals surface area contributed by atoms with Crippen molar-refractivity contribution in [1.82, 2.24) is 20.1 Å². The minimum absolute atomic E-state index is 0.160. The van der Waals surface area contributed by atoms with E-state index in [0.717, 1.165) is 22.5 Å². The quantitative estimate of drug-likeness (QED) is 0.566. The molecule has 0 unspecified atom stereocenters. The zero-order valence-electron chi connectivity index (χ0n) is 17.5. The van der Waals surface area contributed by atoms with Gasteiger partial charge in [-0.05, 0) is 38.5 Å². The smallest absolute Gasteiger partial charge is 0.253 e. The Morgan fingerprint density at radius 2 is 1.87 bits per heavy atom. The largest absolute Gasteiger partial charge is 0.355 e. The molecule has 0 bridgehead atoms. The van der Waals surface area contributed by atoms with Crippen LogP contribution >= 0.6 is 11.8 Å². The Bertz CT molecular complexity index is 1080. The molecule has 30 heavy (non-hydrogen) atoms. The standard InChI is InChI=1S/C22H25N5O2S/c1-5-27-20(16-10-6-8-14(2)12-16)25-26-22(27)30-13-18(28)24-17-11-7-9-15(3)19(17)21(29)23-4/h6-12H,5,13H2,1-4H3,(H,23,29)(H,24,28). The number of rotatable bonds is 7. The van der Waals surface area contributed by atoms with Crippen LogP contribution in [0.25, 0.3) is 11.4 Å². The average Bonchev–Trinajstić information content (AvgIpc) is 3.15. The van der Waals surface area contributed by atoms with Gasteiger partial charge >= 0.3 is 0 Å². The minimum atomic E-state index is -0.232. The van der Waals surface area contributed by atoms with Crippen molar-refractivity contribution in [3.8, 4) is 11.4 Å². The molecule has 3 aromatic rings. The van der Waals surface area contributed by atoms with Crippen molar-refractivity contribution in [3.05, 3.63) is 59.2 Å². The number of benzene rings is 2. The molecule has 0 spiro atoms. The molecule has 0 saturated carbocycles. The highest BCUT2D eigenvalue weighted by atomic mass is 32.2. The lowest BCUT2D eigenvalue weighted by Gasteiger charge is -2.12. The molecule has 0 fully saturated rings. The monoisotopic (exact) mass is 423 g/mol. The molecule has 2 aromatic carbocycles. The number of amides is 2. The second-order valence-corrected chi connectivity index (χ2v) is 7.78. The number of aryl methyl sites for hydroxylation is 2. The maximum Gasteiger partial charge on any atom is 0.253 e. The van der Waals surface area contributed by atoms with E-state index < -0.39 is 0 Å². The lowest BCUT2D eigenvalue weighted by Crippen LogP contribution is -2.23. The van der Waals surface area contributed by atoms with E-state index in [1.807, 2.05) is 55.7 Å². The number of hydrogen-bond acceptors (Lipinski definition) is 5. The summed E-state index contributed by atoms with van der Waals surface area (Å²) in [5.41, 5.74) is 3.91. The van der Waals surface area contributed by atoms with Crippen molar-refractivity contribution in [3.63, 3.8) is 0 Å². The van der Waals surface area contributed by atoms with Gasteiger partial charge in [-0.15, -0.1) is 10.2 Å². The van der Waals surface area contributed by atoms with E-state index in [2.05, 4.69) is 26.9 Å². The van der Waals surface area contributed by atoms with Crippen LogP contribution in [0.5, 0.6) is 0 Å². The highest BCUT2D eigenvalue weighted by molar-refractivity contribution is 7.99. The third-order valence-corrected chi connectivity index (χ3v) is 5.61. The molecule has 0 aliphatic heterocycles. The van der Waals surface area contributed by atoms with Crippen LogP contribution in [0.15, 0.2) is 47.6 Å². The van der Waals surface area contributed by atoms with Gasteiger partial charge in [0.2, 0.25) is 5.91 Å². The summed E-state index contributed by atoms with van der Waals surface area (Å²) in [6, 6.07) is 13.5. The molecule has 156 valence electrons. The zero-order chi connectivity index (χ0) is 21.7. The minimum Gasteiger partial charge on any atom is -0.355 e. The topological polar surface area (TPSA) is 88.9 Å². The molecule has 0 saturated heterocycles. The van der Waals surface area contributed by atoms with E-state index in [9.17, 15) is 9.59 Å². The van der Waals surface area contributed by atoms with E-state index in [-0.39, 0.29) is 17.6 Å². The van der Waals surface area contributed by atoms with Gasteiger partial charge in [0.15, 0.2) is 11.0 Å². The number of nitrogens with zero attached hydrogens (tertiary/aromatic N) is 3. The van der Waals surface area contributed by atoms with Crippen molar-refractivity contribution < 1.29 is 9.59 Å². The summed E-state index contributed by atoms with van der Waals surface area (Å²) in [7, 11) is 1.57. The Labute approximate surface area is 180 Å². The highest BCUT2D eigenvalue weighted by Gasteiger charge is 2.17. The van der Waals surface area contributed by atoms with E-state index in [4.69, 9.17) is 0 Å². The first-order chi connectivity index (χ1) is 14.4. The number of aromatic nitrogens is 3.